The molecule has 0 unspecified atom stereocenters. The molecule has 0 saturated heterocycles. The predicted molar refractivity (Wildman–Crippen MR) is 123 cm³/mol. The summed E-state index contributed by atoms with van der Waals surface area (Å²) >= 11 is 0. The first-order valence-electron chi connectivity index (χ1n) is 11.1. The van der Waals surface area contributed by atoms with Gasteiger partial charge < -0.3 is 9.30 Å². The van der Waals surface area contributed by atoms with Gasteiger partial charge in [0.2, 0.25) is 0 Å². The van der Waals surface area contributed by atoms with Crippen molar-refractivity contribution in [2.75, 3.05) is 0 Å². The molecule has 1 aliphatic heterocycles. The maximum atomic E-state index is 13.6. The van der Waals surface area contributed by atoms with E-state index in [0.717, 1.165) is 5.56 Å². The molecule has 0 fully saturated rings. The molecule has 170 valence electrons. The van der Waals surface area contributed by atoms with Crippen molar-refractivity contribution in [2.24, 2.45) is 0 Å². The number of Topliss-reactive ketones (excluding diaryl/α,β-unsaturated/α-hetero) is 1. The van der Waals surface area contributed by atoms with Crippen LogP contribution in [0, 0.1) is 10.1 Å². The molecule has 1 aliphatic carbocycles. The van der Waals surface area contributed by atoms with Crippen molar-refractivity contribution in [3.8, 4) is 11.4 Å². The zero-order valence-electron chi connectivity index (χ0n) is 19.1. The van der Waals surface area contributed by atoms with E-state index in [1.165, 1.54) is 6.07 Å². The third-order valence-electron chi connectivity index (χ3n) is 6.55. The van der Waals surface area contributed by atoms with Crippen LogP contribution in [-0.4, -0.2) is 25.9 Å². The lowest BCUT2D eigenvalue weighted by molar-refractivity contribution is -0.383. The molecule has 2 aromatic heterocycles. The Bertz CT molecular complexity index is 1420. The molecule has 0 radical (unpaired) electrons. The summed E-state index contributed by atoms with van der Waals surface area (Å²) in [7, 11) is 0. The molecule has 3 aromatic rings. The SMILES string of the molecule is CC[C@@]1(OC(C)(C)C)C(=O)CCc2c1cc1n(c2=O)Cc2cc3c([N+](=O)[O-])cccc3nc2-1. The fourth-order valence-corrected chi connectivity index (χ4v) is 5.22. The van der Waals surface area contributed by atoms with Crippen molar-refractivity contribution >= 4 is 22.4 Å². The Morgan fingerprint density at radius 3 is 2.64 bits per heavy atom. The Balaban J connectivity index is 1.77. The lowest BCUT2D eigenvalue weighted by Crippen LogP contribution is -2.48. The normalized spacial score (nSPS) is 19.3. The highest BCUT2D eigenvalue weighted by atomic mass is 16.6. The highest BCUT2D eigenvalue weighted by molar-refractivity contribution is 5.93. The number of carbonyl (C=O) groups excluding carboxylic acids is 1. The van der Waals surface area contributed by atoms with Gasteiger partial charge in [0.05, 0.1) is 39.4 Å². The van der Waals surface area contributed by atoms with Crippen LogP contribution < -0.4 is 5.56 Å². The number of fused-ring (bicyclic) bond motifs is 5. The second-order valence-corrected chi connectivity index (χ2v) is 9.73. The summed E-state index contributed by atoms with van der Waals surface area (Å²) < 4.78 is 8.04. The third-order valence-corrected chi connectivity index (χ3v) is 6.55. The molecular weight excluding hydrogens is 422 g/mol. The van der Waals surface area contributed by atoms with Crippen molar-refractivity contribution in [2.45, 2.75) is 64.7 Å². The van der Waals surface area contributed by atoms with Gasteiger partial charge in [-0.1, -0.05) is 13.0 Å². The minimum Gasteiger partial charge on any atom is -0.357 e. The predicted octanol–water partition coefficient (Wildman–Crippen LogP) is 4.27. The number of rotatable bonds is 3. The molecule has 1 atom stereocenters. The molecule has 0 spiro atoms. The molecule has 0 amide bonds. The Kier molecular flexibility index (Phi) is 4.59. The quantitative estimate of drug-likeness (QED) is 0.343. The van der Waals surface area contributed by atoms with Crippen LogP contribution in [0.15, 0.2) is 35.1 Å². The first kappa shape index (κ1) is 21.5. The smallest absolute Gasteiger partial charge is 0.278 e. The summed E-state index contributed by atoms with van der Waals surface area (Å²) in [6.45, 7) is 7.91. The molecule has 2 aliphatic rings. The first-order valence-corrected chi connectivity index (χ1v) is 11.1. The van der Waals surface area contributed by atoms with E-state index in [0.29, 0.717) is 52.8 Å². The number of carbonyl (C=O) groups is 1. The number of hydrogen-bond acceptors (Lipinski definition) is 6. The van der Waals surface area contributed by atoms with Crippen molar-refractivity contribution in [1.29, 1.82) is 0 Å². The van der Waals surface area contributed by atoms with Gasteiger partial charge in [-0.3, -0.25) is 19.7 Å². The lowest BCUT2D eigenvalue weighted by Gasteiger charge is -2.41. The number of pyridine rings is 2. The topological polar surface area (TPSA) is 104 Å². The lowest BCUT2D eigenvalue weighted by atomic mass is 9.76. The van der Waals surface area contributed by atoms with Gasteiger partial charge in [0.15, 0.2) is 11.4 Å². The van der Waals surface area contributed by atoms with Crippen LogP contribution in [0.2, 0.25) is 0 Å². The zero-order chi connectivity index (χ0) is 23.7. The highest BCUT2D eigenvalue weighted by Crippen LogP contribution is 2.43. The number of ether oxygens (including phenoxy) is 1. The van der Waals surface area contributed by atoms with E-state index in [4.69, 9.17) is 9.72 Å². The zero-order valence-corrected chi connectivity index (χ0v) is 19.1. The van der Waals surface area contributed by atoms with Crippen LogP contribution in [0.1, 0.15) is 57.2 Å². The maximum absolute atomic E-state index is 13.6. The van der Waals surface area contributed by atoms with Crippen LogP contribution >= 0.6 is 0 Å². The first-order chi connectivity index (χ1) is 15.6. The fraction of sp³-hybridized carbons (Fsp3) is 0.400. The van der Waals surface area contributed by atoms with E-state index < -0.39 is 16.1 Å². The van der Waals surface area contributed by atoms with Gasteiger partial charge in [-0.2, -0.15) is 0 Å². The van der Waals surface area contributed by atoms with E-state index in [2.05, 4.69) is 0 Å². The van der Waals surface area contributed by atoms with Crippen LogP contribution in [0.3, 0.4) is 0 Å². The van der Waals surface area contributed by atoms with Gasteiger partial charge in [-0.15, -0.1) is 0 Å². The summed E-state index contributed by atoms with van der Waals surface area (Å²) in [5, 5.41) is 11.9. The summed E-state index contributed by atoms with van der Waals surface area (Å²) in [5.74, 6) is -0.0166. The van der Waals surface area contributed by atoms with E-state index in [1.54, 1.807) is 22.8 Å². The van der Waals surface area contributed by atoms with Crippen LogP contribution in [0.4, 0.5) is 5.69 Å². The second-order valence-electron chi connectivity index (χ2n) is 9.73. The molecule has 3 heterocycles. The number of non-ortho nitro benzene ring substituents is 1. The van der Waals surface area contributed by atoms with E-state index in [1.807, 2.05) is 33.8 Å². The van der Waals surface area contributed by atoms with Crippen molar-refractivity contribution in [1.82, 2.24) is 9.55 Å². The summed E-state index contributed by atoms with van der Waals surface area (Å²) in [6.07, 6.45) is 1.05. The number of nitro groups is 1. The number of nitro benzene ring substituents is 1. The number of benzene rings is 1. The molecule has 1 aromatic carbocycles. The van der Waals surface area contributed by atoms with E-state index >= 15 is 0 Å². The van der Waals surface area contributed by atoms with Crippen LogP contribution in [0.25, 0.3) is 22.3 Å². The van der Waals surface area contributed by atoms with Gasteiger partial charge in [0.1, 0.15) is 0 Å². The van der Waals surface area contributed by atoms with Gasteiger partial charge in [0.25, 0.3) is 11.2 Å². The number of aromatic nitrogens is 2. The van der Waals surface area contributed by atoms with E-state index in [-0.39, 0.29) is 23.5 Å². The highest BCUT2D eigenvalue weighted by Gasteiger charge is 2.47. The van der Waals surface area contributed by atoms with Gasteiger partial charge in [-0.05, 0) is 51.8 Å². The fourth-order valence-electron chi connectivity index (χ4n) is 5.22. The van der Waals surface area contributed by atoms with Crippen molar-refractivity contribution < 1.29 is 14.5 Å². The minimum atomic E-state index is -1.18. The summed E-state index contributed by atoms with van der Waals surface area (Å²) in [4.78, 5) is 42.6. The molecule has 33 heavy (non-hydrogen) atoms. The minimum absolute atomic E-state index is 0.0143. The summed E-state index contributed by atoms with van der Waals surface area (Å²) in [5.41, 5.74) is 1.77. The van der Waals surface area contributed by atoms with E-state index in [9.17, 15) is 19.7 Å². The van der Waals surface area contributed by atoms with Crippen LogP contribution in [-0.2, 0) is 28.1 Å². The van der Waals surface area contributed by atoms with Gasteiger partial charge >= 0.3 is 0 Å². The maximum Gasteiger partial charge on any atom is 0.278 e. The van der Waals surface area contributed by atoms with Crippen molar-refractivity contribution in [3.63, 3.8) is 0 Å². The summed E-state index contributed by atoms with van der Waals surface area (Å²) in [6, 6.07) is 8.42. The molecule has 0 saturated carbocycles. The molecular formula is C25H25N3O5. The van der Waals surface area contributed by atoms with Gasteiger partial charge in [0, 0.05) is 29.2 Å². The second kappa shape index (κ2) is 7.05. The Hall–Kier alpha value is -3.39. The number of nitrogens with zero attached hydrogens (tertiary/aromatic N) is 3. The third kappa shape index (κ3) is 3.12. The monoisotopic (exact) mass is 447 g/mol. The molecule has 8 heteroatoms. The average Bonchev–Trinajstić information content (AvgIpc) is 3.11. The largest absolute Gasteiger partial charge is 0.357 e. The molecule has 8 nitrogen and oxygen atoms in total. The van der Waals surface area contributed by atoms with Crippen molar-refractivity contribution in [3.05, 3.63) is 67.5 Å². The Labute approximate surface area is 190 Å². The molecule has 0 N–H and O–H groups in total. The molecule has 0 bridgehead atoms. The molecule has 5 rings (SSSR count). The van der Waals surface area contributed by atoms with Crippen LogP contribution in [0.5, 0.6) is 0 Å². The number of hydrogen-bond donors (Lipinski definition) is 0. The number of ketones is 1. The van der Waals surface area contributed by atoms with Gasteiger partial charge in [-0.25, -0.2) is 4.98 Å². The average molecular weight is 447 g/mol. The Morgan fingerprint density at radius 2 is 1.97 bits per heavy atom. The Morgan fingerprint density at radius 1 is 1.21 bits per heavy atom. The standard InChI is InChI=1S/C25H25N3O5/c1-5-25(33-24(2,3)4)17-12-20-22-14(13-27(20)23(30)15(17)9-10-21(25)29)11-16-18(26-22)7-6-8-19(16)28(31)32/h6-8,11-12H,5,9-10,13H2,1-4H3/t25-/m0/s1.